The molecule has 3 rings (SSSR count). The number of rotatable bonds is 7. The van der Waals surface area contributed by atoms with E-state index in [9.17, 15) is 4.79 Å². The van der Waals surface area contributed by atoms with Gasteiger partial charge >= 0.3 is 0 Å². The summed E-state index contributed by atoms with van der Waals surface area (Å²) in [6, 6.07) is 13.1. The van der Waals surface area contributed by atoms with Gasteiger partial charge in [0.1, 0.15) is 17.1 Å². The van der Waals surface area contributed by atoms with Gasteiger partial charge in [-0.25, -0.2) is 4.98 Å². The first kappa shape index (κ1) is 20.1. The highest BCUT2D eigenvalue weighted by atomic mass is 16.5. The molecule has 2 heterocycles. The Balaban J connectivity index is 1.91. The van der Waals surface area contributed by atoms with E-state index in [1.165, 1.54) is 6.20 Å². The Hall–Kier alpha value is -3.61. The minimum Gasteiger partial charge on any atom is -0.497 e. The Morgan fingerprint density at radius 2 is 2.10 bits per heavy atom. The summed E-state index contributed by atoms with van der Waals surface area (Å²) in [6.45, 7) is 4.44. The van der Waals surface area contributed by atoms with Crippen molar-refractivity contribution in [3.63, 3.8) is 0 Å². The monoisotopic (exact) mass is 391 g/mol. The number of nitrogens with zero attached hydrogens (tertiary/aromatic N) is 2. The van der Waals surface area contributed by atoms with Crippen molar-refractivity contribution in [1.29, 1.82) is 5.41 Å². The van der Waals surface area contributed by atoms with E-state index in [2.05, 4.69) is 9.97 Å². The van der Waals surface area contributed by atoms with Crippen molar-refractivity contribution in [1.82, 2.24) is 14.9 Å². The van der Waals surface area contributed by atoms with E-state index in [1.54, 1.807) is 24.1 Å². The molecule has 0 unspecified atom stereocenters. The molecule has 150 valence electrons. The van der Waals surface area contributed by atoms with Crippen LogP contribution >= 0.6 is 0 Å². The highest BCUT2D eigenvalue weighted by Crippen LogP contribution is 2.21. The molecule has 0 bridgehead atoms. The molecule has 3 aromatic rings. The maximum atomic E-state index is 13.2. The molecule has 7 heteroatoms. The van der Waals surface area contributed by atoms with Crippen LogP contribution in [0.5, 0.6) is 5.75 Å². The molecule has 0 aliphatic carbocycles. The molecule has 7 nitrogen and oxygen atoms in total. The Kier molecular flexibility index (Phi) is 5.97. The number of nitrogens with two attached hydrogens (primary N) is 1. The van der Waals surface area contributed by atoms with Crippen LogP contribution in [0.4, 0.5) is 0 Å². The molecule has 0 saturated carbocycles. The lowest BCUT2D eigenvalue weighted by molar-refractivity contribution is 0.0685. The van der Waals surface area contributed by atoms with Crippen LogP contribution in [0, 0.1) is 5.41 Å². The van der Waals surface area contributed by atoms with E-state index in [4.69, 9.17) is 15.9 Å². The van der Waals surface area contributed by atoms with Crippen molar-refractivity contribution in [2.45, 2.75) is 26.4 Å². The molecule has 4 N–H and O–H groups in total. The molecule has 1 aromatic carbocycles. The van der Waals surface area contributed by atoms with Gasteiger partial charge in [0.2, 0.25) is 0 Å². The second kappa shape index (κ2) is 8.60. The van der Waals surface area contributed by atoms with Crippen LogP contribution in [0.15, 0.2) is 48.7 Å². The number of aromatic amines is 1. The quantitative estimate of drug-likeness (QED) is 0.535. The number of benzene rings is 1. The first-order valence-electron chi connectivity index (χ1n) is 9.33. The number of fused-ring (bicyclic) bond motifs is 1. The first-order chi connectivity index (χ1) is 14.0. The number of ether oxygens (including phenoxy) is 1. The van der Waals surface area contributed by atoms with Crippen LogP contribution in [0.3, 0.4) is 0 Å². The predicted octanol–water partition coefficient (Wildman–Crippen LogP) is 3.57. The van der Waals surface area contributed by atoms with Crippen molar-refractivity contribution in [2.75, 3.05) is 7.11 Å². The fourth-order valence-corrected chi connectivity index (χ4v) is 3.10. The summed E-state index contributed by atoms with van der Waals surface area (Å²) < 4.78 is 5.28. The van der Waals surface area contributed by atoms with Gasteiger partial charge in [-0.15, -0.1) is 0 Å². The molecule has 0 radical (unpaired) electrons. The maximum absolute atomic E-state index is 13.2. The number of hydrogen-bond donors (Lipinski definition) is 3. The van der Waals surface area contributed by atoms with Gasteiger partial charge in [-0.1, -0.05) is 12.1 Å². The van der Waals surface area contributed by atoms with Crippen molar-refractivity contribution in [2.24, 2.45) is 5.73 Å². The zero-order valence-electron chi connectivity index (χ0n) is 16.8. The molecule has 2 aromatic heterocycles. The largest absolute Gasteiger partial charge is 0.497 e. The van der Waals surface area contributed by atoms with Crippen LogP contribution in [0.25, 0.3) is 16.6 Å². The molecule has 0 atom stereocenters. The Bertz CT molecular complexity index is 1070. The van der Waals surface area contributed by atoms with Crippen molar-refractivity contribution in [3.8, 4) is 5.75 Å². The smallest absolute Gasteiger partial charge is 0.270 e. The van der Waals surface area contributed by atoms with Crippen molar-refractivity contribution < 1.29 is 9.53 Å². The van der Waals surface area contributed by atoms with E-state index >= 15 is 0 Å². The summed E-state index contributed by atoms with van der Waals surface area (Å²) >= 11 is 0. The van der Waals surface area contributed by atoms with E-state index < -0.39 is 0 Å². The number of carbonyl (C=O) groups is 1. The molecule has 0 fully saturated rings. The average Bonchev–Trinajstić information content (AvgIpc) is 3.16. The minimum atomic E-state index is -0.107. The van der Waals surface area contributed by atoms with E-state index in [1.807, 2.05) is 44.2 Å². The number of H-pyrrole nitrogens is 1. The molecule has 1 amide bonds. The van der Waals surface area contributed by atoms with E-state index in [-0.39, 0.29) is 11.9 Å². The average molecular weight is 391 g/mol. The third kappa shape index (κ3) is 4.29. The standard InChI is InChI=1S/C22H25N5O2/c1-14(2)27(13-15-5-4-6-18(9-15)29-3)22(28)20-10-16-7-8-19(17(11-23)12-24)25-21(16)26-20/h4-12,14,23H,13,24H2,1-3H3,(H,25,26)/b17-12+,23-11?. The minimum absolute atomic E-state index is 0.00771. The number of nitrogens with one attached hydrogen (secondary N) is 2. The molecular weight excluding hydrogens is 366 g/mol. The van der Waals surface area contributed by atoms with E-state index in [0.717, 1.165) is 22.9 Å². The van der Waals surface area contributed by atoms with Gasteiger partial charge in [0.25, 0.3) is 5.91 Å². The SMILES string of the molecule is COc1cccc(CN(C(=O)c2cc3ccc(/C(C=N)=C/N)nc3[nH]2)C(C)C)c1. The van der Waals surface area contributed by atoms with Crippen LogP contribution in [0.1, 0.15) is 35.6 Å². The highest BCUT2D eigenvalue weighted by Gasteiger charge is 2.21. The predicted molar refractivity (Wildman–Crippen MR) is 115 cm³/mol. The number of hydrogen-bond acceptors (Lipinski definition) is 5. The van der Waals surface area contributed by atoms with Gasteiger partial charge in [0, 0.05) is 36.0 Å². The highest BCUT2D eigenvalue weighted by molar-refractivity contribution is 6.08. The summed E-state index contributed by atoms with van der Waals surface area (Å²) in [5.74, 6) is 0.653. The van der Waals surface area contributed by atoms with Crippen molar-refractivity contribution >= 4 is 28.7 Å². The van der Waals surface area contributed by atoms with Crippen LogP contribution in [-0.2, 0) is 6.54 Å². The van der Waals surface area contributed by atoms with Crippen LogP contribution < -0.4 is 10.5 Å². The van der Waals surface area contributed by atoms with Gasteiger partial charge in [0.15, 0.2) is 0 Å². The summed E-state index contributed by atoms with van der Waals surface area (Å²) in [5, 5.41) is 8.25. The number of aromatic nitrogens is 2. The molecule has 0 spiro atoms. The maximum Gasteiger partial charge on any atom is 0.270 e. The van der Waals surface area contributed by atoms with Crippen LogP contribution in [-0.4, -0.2) is 40.1 Å². The second-order valence-electron chi connectivity index (χ2n) is 6.96. The number of allylic oxidation sites excluding steroid dienone is 1. The lowest BCUT2D eigenvalue weighted by Gasteiger charge is -2.26. The molecule has 0 saturated heterocycles. The molecular formula is C22H25N5O2. The molecule has 29 heavy (non-hydrogen) atoms. The van der Waals surface area contributed by atoms with Gasteiger partial charge in [-0.05, 0) is 49.7 Å². The summed E-state index contributed by atoms with van der Waals surface area (Å²) in [5.41, 5.74) is 8.67. The summed E-state index contributed by atoms with van der Waals surface area (Å²) in [6.07, 6.45) is 2.49. The lowest BCUT2D eigenvalue weighted by Crippen LogP contribution is -2.36. The van der Waals surface area contributed by atoms with Gasteiger partial charge in [-0.2, -0.15) is 0 Å². The number of methoxy groups -OCH3 is 1. The fourth-order valence-electron chi connectivity index (χ4n) is 3.10. The normalized spacial score (nSPS) is 11.7. The number of carbonyl (C=O) groups excluding carboxylic acids is 1. The fraction of sp³-hybridized carbons (Fsp3) is 0.227. The lowest BCUT2D eigenvalue weighted by atomic mass is 10.1. The third-order valence-electron chi connectivity index (χ3n) is 4.71. The van der Waals surface area contributed by atoms with Gasteiger partial charge < -0.3 is 25.8 Å². The molecule has 0 aliphatic rings. The zero-order valence-corrected chi connectivity index (χ0v) is 16.8. The van der Waals surface area contributed by atoms with Gasteiger partial charge in [-0.3, -0.25) is 4.79 Å². The Morgan fingerprint density at radius 1 is 1.31 bits per heavy atom. The van der Waals surface area contributed by atoms with Crippen molar-refractivity contribution in [3.05, 3.63) is 65.6 Å². The third-order valence-corrected chi connectivity index (χ3v) is 4.71. The summed E-state index contributed by atoms with van der Waals surface area (Å²) in [4.78, 5) is 22.6. The molecule has 0 aliphatic heterocycles. The number of pyridine rings is 1. The number of amides is 1. The first-order valence-corrected chi connectivity index (χ1v) is 9.33. The summed E-state index contributed by atoms with van der Waals surface area (Å²) in [7, 11) is 1.62. The zero-order chi connectivity index (χ0) is 21.0. The van der Waals surface area contributed by atoms with Gasteiger partial charge in [0.05, 0.1) is 12.8 Å². The Morgan fingerprint density at radius 3 is 2.76 bits per heavy atom. The van der Waals surface area contributed by atoms with E-state index in [0.29, 0.717) is 29.2 Å². The topological polar surface area (TPSA) is 108 Å². The van der Waals surface area contributed by atoms with Crippen LogP contribution in [0.2, 0.25) is 0 Å². The second-order valence-corrected chi connectivity index (χ2v) is 6.96. The Labute approximate surface area is 169 Å².